The van der Waals surface area contributed by atoms with Crippen molar-refractivity contribution in [3.63, 3.8) is 0 Å². The number of benzene rings is 1. The first-order chi connectivity index (χ1) is 10.3. The van der Waals surface area contributed by atoms with Crippen LogP contribution < -0.4 is 4.72 Å². The highest BCUT2D eigenvalue weighted by atomic mass is 35.5. The number of nitrogens with zero attached hydrogens (tertiary/aromatic N) is 1. The van der Waals surface area contributed by atoms with Gasteiger partial charge in [-0.15, -0.1) is 0 Å². The van der Waals surface area contributed by atoms with Gasteiger partial charge in [-0.25, -0.2) is 13.1 Å². The van der Waals surface area contributed by atoms with Crippen LogP contribution in [0.15, 0.2) is 45.9 Å². The lowest BCUT2D eigenvalue weighted by Gasteiger charge is -2.22. The third kappa shape index (κ3) is 3.89. The van der Waals surface area contributed by atoms with Gasteiger partial charge >= 0.3 is 0 Å². The molecule has 0 aliphatic carbocycles. The molecule has 0 spiro atoms. The zero-order valence-corrected chi connectivity index (χ0v) is 14.3. The molecule has 1 unspecified atom stereocenters. The SMILES string of the molecule is Cc1ccc(Cl)cc1S(=O)(=O)NCC(c1ccco1)N(C)C. The molecule has 120 valence electrons. The molecule has 1 aromatic heterocycles. The molecule has 7 heteroatoms. The van der Waals surface area contributed by atoms with Crippen molar-refractivity contribution in [1.29, 1.82) is 0 Å². The number of hydrogen-bond donors (Lipinski definition) is 1. The first kappa shape index (κ1) is 17.0. The second-order valence-electron chi connectivity index (χ2n) is 5.26. The lowest BCUT2D eigenvalue weighted by atomic mass is 10.2. The molecule has 5 nitrogen and oxygen atoms in total. The highest BCUT2D eigenvalue weighted by Crippen LogP contribution is 2.22. The minimum Gasteiger partial charge on any atom is -0.468 e. The molecule has 1 aromatic carbocycles. The van der Waals surface area contributed by atoms with Gasteiger partial charge in [-0.1, -0.05) is 17.7 Å². The second-order valence-corrected chi connectivity index (χ2v) is 7.43. The monoisotopic (exact) mass is 342 g/mol. The van der Waals surface area contributed by atoms with E-state index in [0.29, 0.717) is 16.3 Å². The molecule has 2 aromatic rings. The maximum absolute atomic E-state index is 12.5. The molecule has 2 rings (SSSR count). The van der Waals surface area contributed by atoms with E-state index in [1.807, 2.05) is 25.1 Å². The molecule has 0 fully saturated rings. The third-order valence-electron chi connectivity index (χ3n) is 3.40. The van der Waals surface area contributed by atoms with Crippen LogP contribution in [0.3, 0.4) is 0 Å². The summed E-state index contributed by atoms with van der Waals surface area (Å²) in [6, 6.07) is 8.22. The maximum Gasteiger partial charge on any atom is 0.240 e. The van der Waals surface area contributed by atoms with Crippen LogP contribution in [0.2, 0.25) is 5.02 Å². The molecule has 0 bridgehead atoms. The molecule has 0 saturated carbocycles. The Bertz CT molecular complexity index is 727. The maximum atomic E-state index is 12.5. The van der Waals surface area contributed by atoms with E-state index in [1.54, 1.807) is 31.4 Å². The van der Waals surface area contributed by atoms with Crippen molar-refractivity contribution in [2.24, 2.45) is 0 Å². The fourth-order valence-electron chi connectivity index (χ4n) is 2.15. The predicted octanol–water partition coefficient (Wildman–Crippen LogP) is 2.82. The number of nitrogens with one attached hydrogen (secondary N) is 1. The lowest BCUT2D eigenvalue weighted by molar-refractivity contribution is 0.259. The van der Waals surface area contributed by atoms with E-state index in [2.05, 4.69) is 4.72 Å². The summed E-state index contributed by atoms with van der Waals surface area (Å²) in [6.45, 7) is 1.94. The van der Waals surface area contributed by atoms with Crippen LogP contribution in [-0.2, 0) is 10.0 Å². The van der Waals surface area contributed by atoms with Crippen LogP contribution >= 0.6 is 11.6 Å². The first-order valence-electron chi connectivity index (χ1n) is 6.77. The van der Waals surface area contributed by atoms with Gasteiger partial charge in [0.2, 0.25) is 10.0 Å². The summed E-state index contributed by atoms with van der Waals surface area (Å²) >= 11 is 5.90. The Morgan fingerprint density at radius 3 is 2.64 bits per heavy atom. The summed E-state index contributed by atoms with van der Waals surface area (Å²) in [7, 11) is 0.0985. The number of rotatable bonds is 6. The van der Waals surface area contributed by atoms with Crippen molar-refractivity contribution in [1.82, 2.24) is 9.62 Å². The molecule has 0 amide bonds. The van der Waals surface area contributed by atoms with Gasteiger partial charge < -0.3 is 4.42 Å². The summed E-state index contributed by atoms with van der Waals surface area (Å²) in [4.78, 5) is 2.09. The third-order valence-corrected chi connectivity index (χ3v) is 5.20. The molecule has 0 radical (unpaired) electrons. The fraction of sp³-hybridized carbons (Fsp3) is 0.333. The first-order valence-corrected chi connectivity index (χ1v) is 8.63. The van der Waals surface area contributed by atoms with E-state index >= 15 is 0 Å². The fourth-order valence-corrected chi connectivity index (χ4v) is 3.69. The Morgan fingerprint density at radius 2 is 2.05 bits per heavy atom. The lowest BCUT2D eigenvalue weighted by Crippen LogP contribution is -2.34. The van der Waals surface area contributed by atoms with Gasteiger partial charge in [0.25, 0.3) is 0 Å². The minimum atomic E-state index is -3.64. The van der Waals surface area contributed by atoms with Crippen molar-refractivity contribution in [2.75, 3.05) is 20.6 Å². The molecule has 0 aliphatic heterocycles. The van der Waals surface area contributed by atoms with Crippen molar-refractivity contribution < 1.29 is 12.8 Å². The molecule has 0 aliphatic rings. The number of aryl methyl sites for hydroxylation is 1. The molecule has 1 heterocycles. The smallest absolute Gasteiger partial charge is 0.240 e. The van der Waals surface area contributed by atoms with Crippen molar-refractivity contribution >= 4 is 21.6 Å². The molecule has 1 N–H and O–H groups in total. The Hall–Kier alpha value is -1.34. The quantitative estimate of drug-likeness (QED) is 0.876. The number of halogens is 1. The molecule has 22 heavy (non-hydrogen) atoms. The van der Waals surface area contributed by atoms with E-state index in [1.165, 1.54) is 6.07 Å². The van der Waals surface area contributed by atoms with Crippen LogP contribution in [0.25, 0.3) is 0 Å². The van der Waals surface area contributed by atoms with E-state index in [-0.39, 0.29) is 17.5 Å². The average molecular weight is 343 g/mol. The van der Waals surface area contributed by atoms with Gasteiger partial charge in [0.1, 0.15) is 5.76 Å². The van der Waals surface area contributed by atoms with Gasteiger partial charge in [0.15, 0.2) is 0 Å². The number of hydrogen-bond acceptors (Lipinski definition) is 4. The topological polar surface area (TPSA) is 62.6 Å². The summed E-state index contributed by atoms with van der Waals surface area (Å²) in [6.07, 6.45) is 1.57. The number of likely N-dealkylation sites (N-methyl/N-ethyl adjacent to an activating group) is 1. The molecule has 0 saturated heterocycles. The van der Waals surface area contributed by atoms with E-state index < -0.39 is 10.0 Å². The number of furan rings is 1. The van der Waals surface area contributed by atoms with Gasteiger partial charge in [-0.2, -0.15) is 0 Å². The van der Waals surface area contributed by atoms with Gasteiger partial charge in [0.05, 0.1) is 17.2 Å². The average Bonchev–Trinajstić information content (AvgIpc) is 2.95. The van der Waals surface area contributed by atoms with Crippen LogP contribution in [-0.4, -0.2) is 34.0 Å². The predicted molar refractivity (Wildman–Crippen MR) is 86.5 cm³/mol. The summed E-state index contributed by atoms with van der Waals surface area (Å²) < 4.78 is 33.0. The van der Waals surface area contributed by atoms with Gasteiger partial charge in [-0.3, -0.25) is 4.90 Å². The Morgan fingerprint density at radius 1 is 1.32 bits per heavy atom. The van der Waals surface area contributed by atoms with Crippen molar-refractivity contribution in [3.05, 3.63) is 52.9 Å². The van der Waals surface area contributed by atoms with Gasteiger partial charge in [-0.05, 0) is 50.8 Å². The summed E-state index contributed by atoms with van der Waals surface area (Å²) in [5, 5.41) is 0.390. The highest BCUT2D eigenvalue weighted by Gasteiger charge is 2.22. The molecular formula is C15H19ClN2O3S. The van der Waals surface area contributed by atoms with Crippen LogP contribution in [0.1, 0.15) is 17.4 Å². The van der Waals surface area contributed by atoms with Crippen LogP contribution in [0, 0.1) is 6.92 Å². The number of sulfonamides is 1. The molecule has 1 atom stereocenters. The Balaban J connectivity index is 2.20. The standard InChI is InChI=1S/C15H19ClN2O3S/c1-11-6-7-12(16)9-15(11)22(19,20)17-10-13(18(2)3)14-5-4-8-21-14/h4-9,13,17H,10H2,1-3H3. The van der Waals surface area contributed by atoms with Crippen molar-refractivity contribution in [3.8, 4) is 0 Å². The van der Waals surface area contributed by atoms with Crippen LogP contribution in [0.5, 0.6) is 0 Å². The molecular weight excluding hydrogens is 324 g/mol. The summed E-state index contributed by atoms with van der Waals surface area (Å²) in [5.41, 5.74) is 0.649. The second kappa shape index (κ2) is 6.83. The zero-order chi connectivity index (χ0) is 16.3. The Kier molecular flexibility index (Phi) is 5.28. The Labute approximate surface area is 135 Å². The van der Waals surface area contributed by atoms with E-state index in [0.717, 1.165) is 0 Å². The van der Waals surface area contributed by atoms with E-state index in [9.17, 15) is 8.42 Å². The van der Waals surface area contributed by atoms with Crippen LogP contribution in [0.4, 0.5) is 0 Å². The van der Waals surface area contributed by atoms with Crippen molar-refractivity contribution in [2.45, 2.75) is 17.9 Å². The zero-order valence-electron chi connectivity index (χ0n) is 12.7. The van der Waals surface area contributed by atoms with Gasteiger partial charge in [0, 0.05) is 11.6 Å². The normalized spacial score (nSPS) is 13.5. The minimum absolute atomic E-state index is 0.190. The largest absolute Gasteiger partial charge is 0.468 e. The highest BCUT2D eigenvalue weighted by molar-refractivity contribution is 7.89. The summed E-state index contributed by atoms with van der Waals surface area (Å²) in [5.74, 6) is 0.704. The van der Waals surface area contributed by atoms with E-state index in [4.69, 9.17) is 16.0 Å².